The van der Waals surface area contributed by atoms with Crippen LogP contribution in [0.3, 0.4) is 0 Å². The maximum atomic E-state index is 11.8. The predicted octanol–water partition coefficient (Wildman–Crippen LogP) is 3.56. The van der Waals surface area contributed by atoms with Crippen LogP contribution in [0.15, 0.2) is 53.0 Å². The van der Waals surface area contributed by atoms with Gasteiger partial charge in [0, 0.05) is 6.08 Å². The Morgan fingerprint density at radius 2 is 1.85 bits per heavy atom. The summed E-state index contributed by atoms with van der Waals surface area (Å²) >= 11 is 3.41. The van der Waals surface area contributed by atoms with Crippen molar-refractivity contribution in [2.45, 2.75) is 20.3 Å². The Morgan fingerprint density at radius 3 is 2.50 bits per heavy atom. The first-order valence-electron chi connectivity index (χ1n) is 8.22. The van der Waals surface area contributed by atoms with Gasteiger partial charge in [-0.25, -0.2) is 0 Å². The van der Waals surface area contributed by atoms with Gasteiger partial charge < -0.3 is 4.74 Å². The van der Waals surface area contributed by atoms with E-state index in [1.54, 1.807) is 12.1 Å². The molecule has 0 spiro atoms. The second-order valence-electron chi connectivity index (χ2n) is 5.69. The number of hydrogen-bond donors (Lipinski definition) is 2. The molecular weight excluding hydrogens is 396 g/mol. The summed E-state index contributed by atoms with van der Waals surface area (Å²) in [4.78, 5) is 23.5. The molecule has 5 nitrogen and oxygen atoms in total. The lowest BCUT2D eigenvalue weighted by Gasteiger charge is -2.10. The Kier molecular flexibility index (Phi) is 7.41. The topological polar surface area (TPSA) is 67.4 Å². The summed E-state index contributed by atoms with van der Waals surface area (Å²) in [6, 6.07) is 13.4. The van der Waals surface area contributed by atoms with Crippen molar-refractivity contribution >= 4 is 33.8 Å². The number of carbonyl (C=O) groups is 2. The van der Waals surface area contributed by atoms with E-state index in [1.807, 2.05) is 43.3 Å². The van der Waals surface area contributed by atoms with Crippen molar-refractivity contribution in [2.75, 3.05) is 6.61 Å². The third-order valence-corrected chi connectivity index (χ3v) is 4.21. The van der Waals surface area contributed by atoms with E-state index in [0.29, 0.717) is 5.75 Å². The number of nitrogens with one attached hydrogen (secondary N) is 2. The van der Waals surface area contributed by atoms with Gasteiger partial charge >= 0.3 is 0 Å². The number of aryl methyl sites for hydroxylation is 2. The van der Waals surface area contributed by atoms with Gasteiger partial charge in [-0.1, -0.05) is 42.8 Å². The van der Waals surface area contributed by atoms with Gasteiger partial charge in [-0.3, -0.25) is 20.4 Å². The van der Waals surface area contributed by atoms with E-state index >= 15 is 0 Å². The van der Waals surface area contributed by atoms with Gasteiger partial charge in [0.25, 0.3) is 11.8 Å². The largest absolute Gasteiger partial charge is 0.483 e. The molecule has 0 fully saturated rings. The molecule has 136 valence electrons. The Morgan fingerprint density at radius 1 is 1.12 bits per heavy atom. The molecule has 2 N–H and O–H groups in total. The minimum absolute atomic E-state index is 0.202. The molecular formula is C20H21BrN2O3. The van der Waals surface area contributed by atoms with Gasteiger partial charge in [-0.05, 0) is 58.6 Å². The van der Waals surface area contributed by atoms with Gasteiger partial charge in [0.1, 0.15) is 5.75 Å². The van der Waals surface area contributed by atoms with Crippen LogP contribution in [0.25, 0.3) is 6.08 Å². The van der Waals surface area contributed by atoms with Crippen LogP contribution < -0.4 is 15.6 Å². The highest BCUT2D eigenvalue weighted by Gasteiger charge is 2.07. The monoisotopic (exact) mass is 416 g/mol. The van der Waals surface area contributed by atoms with E-state index < -0.39 is 11.8 Å². The van der Waals surface area contributed by atoms with Gasteiger partial charge in [-0.15, -0.1) is 0 Å². The standard InChI is InChI=1S/C20H21BrN2O3/c1-3-15-8-10-18(17(21)12-15)26-13-20(25)23-22-19(24)11-9-16-6-4-14(2)5-7-16/h4-12H,3,13H2,1-2H3,(H,22,24)(H,23,25). The van der Waals surface area contributed by atoms with Crippen molar-refractivity contribution in [2.24, 2.45) is 0 Å². The third kappa shape index (κ3) is 6.37. The minimum Gasteiger partial charge on any atom is -0.483 e. The fourth-order valence-corrected chi connectivity index (χ4v) is 2.62. The van der Waals surface area contributed by atoms with Crippen LogP contribution in [0.4, 0.5) is 0 Å². The van der Waals surface area contributed by atoms with Crippen molar-refractivity contribution in [3.05, 3.63) is 69.7 Å². The number of hydrazine groups is 1. The van der Waals surface area contributed by atoms with Crippen molar-refractivity contribution < 1.29 is 14.3 Å². The second-order valence-corrected chi connectivity index (χ2v) is 6.54. The SMILES string of the molecule is CCc1ccc(OCC(=O)NNC(=O)C=Cc2ccc(C)cc2)c(Br)c1. The molecule has 2 aromatic carbocycles. The molecule has 0 aliphatic carbocycles. The summed E-state index contributed by atoms with van der Waals surface area (Å²) in [6.45, 7) is 3.85. The summed E-state index contributed by atoms with van der Waals surface area (Å²) in [7, 11) is 0. The molecule has 0 saturated heterocycles. The van der Waals surface area contributed by atoms with Crippen LogP contribution in [0, 0.1) is 6.92 Å². The first-order valence-corrected chi connectivity index (χ1v) is 9.02. The number of halogens is 1. The van der Waals surface area contributed by atoms with Gasteiger partial charge in [0.05, 0.1) is 4.47 Å². The third-order valence-electron chi connectivity index (χ3n) is 3.59. The van der Waals surface area contributed by atoms with E-state index in [4.69, 9.17) is 4.74 Å². The zero-order chi connectivity index (χ0) is 18.9. The van der Waals surface area contributed by atoms with Crippen LogP contribution >= 0.6 is 15.9 Å². The molecule has 2 aromatic rings. The predicted molar refractivity (Wildman–Crippen MR) is 106 cm³/mol. The average Bonchev–Trinajstić information content (AvgIpc) is 2.64. The number of benzene rings is 2. The molecule has 0 atom stereocenters. The number of ether oxygens (including phenoxy) is 1. The number of carbonyl (C=O) groups excluding carboxylic acids is 2. The molecule has 0 aromatic heterocycles. The Bertz CT molecular complexity index is 801. The minimum atomic E-state index is -0.450. The summed E-state index contributed by atoms with van der Waals surface area (Å²) in [5, 5.41) is 0. The summed E-state index contributed by atoms with van der Waals surface area (Å²) in [5.41, 5.74) is 7.85. The average molecular weight is 417 g/mol. The smallest absolute Gasteiger partial charge is 0.276 e. The number of rotatable bonds is 6. The zero-order valence-electron chi connectivity index (χ0n) is 14.7. The van der Waals surface area contributed by atoms with Gasteiger partial charge in [-0.2, -0.15) is 0 Å². The van der Waals surface area contributed by atoms with Crippen LogP contribution in [0.1, 0.15) is 23.6 Å². The van der Waals surface area contributed by atoms with Crippen molar-refractivity contribution in [1.82, 2.24) is 10.9 Å². The van der Waals surface area contributed by atoms with E-state index in [2.05, 4.69) is 33.7 Å². The maximum Gasteiger partial charge on any atom is 0.276 e. The fraction of sp³-hybridized carbons (Fsp3) is 0.200. The quantitative estimate of drug-likeness (QED) is 0.558. The number of amides is 2. The summed E-state index contributed by atoms with van der Waals surface area (Å²) in [6.07, 6.45) is 3.94. The van der Waals surface area contributed by atoms with Crippen LogP contribution in [0.5, 0.6) is 5.75 Å². The highest BCUT2D eigenvalue weighted by Crippen LogP contribution is 2.26. The Balaban J connectivity index is 1.76. The van der Waals surface area contributed by atoms with Crippen LogP contribution in [-0.4, -0.2) is 18.4 Å². The molecule has 0 radical (unpaired) electrons. The molecule has 0 aliphatic heterocycles. The summed E-state index contributed by atoms with van der Waals surface area (Å²) in [5.74, 6) is -0.302. The van der Waals surface area contributed by atoms with E-state index in [0.717, 1.165) is 22.0 Å². The fourth-order valence-electron chi connectivity index (χ4n) is 2.08. The lowest BCUT2D eigenvalue weighted by molar-refractivity contribution is -0.128. The normalized spacial score (nSPS) is 10.6. The molecule has 0 saturated carbocycles. The molecule has 0 unspecified atom stereocenters. The molecule has 2 amide bonds. The molecule has 0 heterocycles. The van der Waals surface area contributed by atoms with Gasteiger partial charge in [0.2, 0.25) is 0 Å². The summed E-state index contributed by atoms with van der Waals surface area (Å²) < 4.78 is 6.23. The highest BCUT2D eigenvalue weighted by atomic mass is 79.9. The van der Waals surface area contributed by atoms with Crippen molar-refractivity contribution in [3.8, 4) is 5.75 Å². The highest BCUT2D eigenvalue weighted by molar-refractivity contribution is 9.10. The Hall–Kier alpha value is -2.60. The van der Waals surface area contributed by atoms with Gasteiger partial charge in [0.15, 0.2) is 6.61 Å². The molecule has 2 rings (SSSR count). The first-order chi connectivity index (χ1) is 12.5. The number of hydrogen-bond acceptors (Lipinski definition) is 3. The van der Waals surface area contributed by atoms with E-state index in [-0.39, 0.29) is 6.61 Å². The lowest BCUT2D eigenvalue weighted by Crippen LogP contribution is -2.43. The molecule has 0 bridgehead atoms. The Labute approximate surface area is 161 Å². The second kappa shape index (κ2) is 9.77. The lowest BCUT2D eigenvalue weighted by atomic mass is 10.1. The molecule has 26 heavy (non-hydrogen) atoms. The first kappa shape index (κ1) is 19.7. The van der Waals surface area contributed by atoms with Crippen molar-refractivity contribution in [1.29, 1.82) is 0 Å². The van der Waals surface area contributed by atoms with E-state index in [1.165, 1.54) is 11.6 Å². The van der Waals surface area contributed by atoms with Crippen molar-refractivity contribution in [3.63, 3.8) is 0 Å². The molecule has 0 aliphatic rings. The maximum absolute atomic E-state index is 11.8. The van der Waals surface area contributed by atoms with Crippen LogP contribution in [-0.2, 0) is 16.0 Å². The van der Waals surface area contributed by atoms with E-state index in [9.17, 15) is 9.59 Å². The molecule has 6 heteroatoms. The zero-order valence-corrected chi connectivity index (χ0v) is 16.3. The van der Waals surface area contributed by atoms with Crippen LogP contribution in [0.2, 0.25) is 0 Å².